The molecule has 1 aliphatic heterocycles. The fourth-order valence-electron chi connectivity index (χ4n) is 6.75. The molecular formula is C22H34O5. The van der Waals surface area contributed by atoms with E-state index < -0.39 is 30.0 Å². The molecule has 5 heteroatoms. The maximum absolute atomic E-state index is 10.8. The van der Waals surface area contributed by atoms with Crippen molar-refractivity contribution < 1.29 is 25.2 Å². The van der Waals surface area contributed by atoms with Gasteiger partial charge in [-0.05, 0) is 60.8 Å². The Morgan fingerprint density at radius 1 is 1.19 bits per heavy atom. The van der Waals surface area contributed by atoms with Crippen LogP contribution in [0.1, 0.15) is 52.9 Å². The number of rotatable bonds is 3. The summed E-state index contributed by atoms with van der Waals surface area (Å²) in [7, 11) is 0. The molecule has 0 aromatic heterocycles. The molecule has 4 aliphatic rings. The van der Waals surface area contributed by atoms with Crippen LogP contribution in [-0.4, -0.2) is 57.0 Å². The molecule has 1 heterocycles. The van der Waals surface area contributed by atoms with Crippen LogP contribution in [-0.2, 0) is 4.74 Å². The maximum atomic E-state index is 10.8. The highest BCUT2D eigenvalue weighted by atomic mass is 16.6. The molecule has 2 saturated carbocycles. The largest absolute Gasteiger partial charge is 0.396 e. The van der Waals surface area contributed by atoms with Gasteiger partial charge in [0.2, 0.25) is 0 Å². The van der Waals surface area contributed by atoms with Crippen molar-refractivity contribution in [1.29, 1.82) is 0 Å². The predicted molar refractivity (Wildman–Crippen MR) is 102 cm³/mol. The quantitative estimate of drug-likeness (QED) is 0.445. The highest BCUT2D eigenvalue weighted by Gasteiger charge is 2.71. The summed E-state index contributed by atoms with van der Waals surface area (Å²) < 4.78 is 5.89. The van der Waals surface area contributed by atoms with Crippen molar-refractivity contribution in [3.63, 3.8) is 0 Å². The molecule has 152 valence electrons. The Labute approximate surface area is 161 Å². The first-order valence-electron chi connectivity index (χ1n) is 10.3. The van der Waals surface area contributed by atoms with Crippen LogP contribution < -0.4 is 0 Å². The van der Waals surface area contributed by atoms with Crippen LogP contribution in [0.15, 0.2) is 23.8 Å². The van der Waals surface area contributed by atoms with Gasteiger partial charge in [0.1, 0.15) is 30.0 Å². The number of hydrogen-bond donors (Lipinski definition) is 4. The van der Waals surface area contributed by atoms with Gasteiger partial charge in [0.25, 0.3) is 0 Å². The fourth-order valence-corrected chi connectivity index (χ4v) is 6.75. The first kappa shape index (κ1) is 19.6. The maximum Gasteiger partial charge on any atom is 0.127 e. The van der Waals surface area contributed by atoms with E-state index in [0.29, 0.717) is 12.3 Å². The molecule has 4 rings (SSSR count). The van der Waals surface area contributed by atoms with Crippen LogP contribution in [0.4, 0.5) is 0 Å². The summed E-state index contributed by atoms with van der Waals surface area (Å²) in [6.07, 6.45) is 3.37. The lowest BCUT2D eigenvalue weighted by Crippen LogP contribution is -2.56. The highest BCUT2D eigenvalue weighted by molar-refractivity contribution is 5.32. The van der Waals surface area contributed by atoms with Crippen LogP contribution in [0.3, 0.4) is 0 Å². The van der Waals surface area contributed by atoms with Crippen molar-refractivity contribution in [2.24, 2.45) is 22.7 Å². The van der Waals surface area contributed by atoms with Gasteiger partial charge in [0, 0.05) is 6.61 Å². The summed E-state index contributed by atoms with van der Waals surface area (Å²) in [4.78, 5) is 0. The number of hydrogen-bond acceptors (Lipinski definition) is 5. The van der Waals surface area contributed by atoms with Crippen molar-refractivity contribution >= 4 is 0 Å². The van der Waals surface area contributed by atoms with E-state index >= 15 is 0 Å². The Morgan fingerprint density at radius 2 is 1.89 bits per heavy atom. The standard InChI is InChI=1S/C22H34O5/c1-12-6-7-15-20(3,11-23)8-5-9-21(15,4)14(12)10-22-18(26)16(24)13(2)17(25)19(22)27-22/h6,14-19,23-26H,2,5,7-11H2,1,3-4H3/t14-,15-,16+,17-,18+,19-,20+,21-,22+/m1/s1. The van der Waals surface area contributed by atoms with Gasteiger partial charge in [-0.1, -0.05) is 38.5 Å². The summed E-state index contributed by atoms with van der Waals surface area (Å²) in [5, 5.41) is 41.6. The molecule has 0 bridgehead atoms. The van der Waals surface area contributed by atoms with Crippen LogP contribution in [0.25, 0.3) is 0 Å². The van der Waals surface area contributed by atoms with Crippen molar-refractivity contribution in [2.45, 2.75) is 82.9 Å². The minimum Gasteiger partial charge on any atom is -0.396 e. The van der Waals surface area contributed by atoms with Gasteiger partial charge in [-0.2, -0.15) is 0 Å². The molecule has 4 N–H and O–H groups in total. The number of ether oxygens (including phenoxy) is 1. The Morgan fingerprint density at radius 3 is 2.56 bits per heavy atom. The second-order valence-corrected chi connectivity index (χ2v) is 10.1. The molecule has 27 heavy (non-hydrogen) atoms. The Kier molecular flexibility index (Phi) is 4.45. The van der Waals surface area contributed by atoms with E-state index in [-0.39, 0.29) is 28.9 Å². The normalized spacial score (nSPS) is 54.8. The van der Waals surface area contributed by atoms with Gasteiger partial charge in [0.15, 0.2) is 0 Å². The molecular weight excluding hydrogens is 344 g/mol. The first-order valence-corrected chi connectivity index (χ1v) is 10.3. The average molecular weight is 379 g/mol. The minimum absolute atomic E-state index is 0.00386. The van der Waals surface area contributed by atoms with Crippen molar-refractivity contribution in [2.75, 3.05) is 6.61 Å². The zero-order chi connectivity index (χ0) is 19.8. The van der Waals surface area contributed by atoms with E-state index in [1.807, 2.05) is 0 Å². The number of fused-ring (bicyclic) bond motifs is 2. The van der Waals surface area contributed by atoms with Crippen LogP contribution >= 0.6 is 0 Å². The second kappa shape index (κ2) is 6.14. The van der Waals surface area contributed by atoms with Gasteiger partial charge in [-0.3, -0.25) is 0 Å². The molecule has 0 aromatic rings. The lowest BCUT2D eigenvalue weighted by Gasteiger charge is -2.58. The molecule has 0 spiro atoms. The van der Waals surface area contributed by atoms with E-state index in [9.17, 15) is 20.4 Å². The summed E-state index contributed by atoms with van der Waals surface area (Å²) in [5.41, 5.74) is 0.538. The Bertz CT molecular complexity index is 674. The molecule has 0 amide bonds. The van der Waals surface area contributed by atoms with Crippen molar-refractivity contribution in [3.8, 4) is 0 Å². The molecule has 0 unspecified atom stereocenters. The van der Waals surface area contributed by atoms with Crippen LogP contribution in [0.5, 0.6) is 0 Å². The van der Waals surface area contributed by atoms with E-state index in [1.54, 1.807) is 0 Å². The summed E-state index contributed by atoms with van der Waals surface area (Å²) >= 11 is 0. The Hall–Kier alpha value is -0.720. The number of aliphatic hydroxyl groups excluding tert-OH is 4. The molecule has 5 nitrogen and oxygen atoms in total. The summed E-state index contributed by atoms with van der Waals surface area (Å²) in [6, 6.07) is 0. The zero-order valence-corrected chi connectivity index (χ0v) is 16.7. The first-order chi connectivity index (χ1) is 12.6. The molecule has 0 aromatic carbocycles. The molecule has 3 fully saturated rings. The van der Waals surface area contributed by atoms with Crippen molar-refractivity contribution in [1.82, 2.24) is 0 Å². The van der Waals surface area contributed by atoms with Crippen LogP contribution in [0.2, 0.25) is 0 Å². The SMILES string of the molecule is C=C1[C@@H](O)[C@H]2O[C@@]2(C[C@@H]2C(C)=CC[C@@H]3[C@](C)(CO)CCC[C@]23C)[C@@H](O)[C@H]1O. The molecule has 0 radical (unpaired) electrons. The van der Waals surface area contributed by atoms with E-state index in [4.69, 9.17) is 4.74 Å². The third kappa shape index (κ3) is 2.55. The lowest BCUT2D eigenvalue weighted by atomic mass is 9.47. The predicted octanol–water partition coefficient (Wildman–Crippen LogP) is 1.94. The van der Waals surface area contributed by atoms with Crippen LogP contribution in [0, 0.1) is 22.7 Å². The summed E-state index contributed by atoms with van der Waals surface area (Å²) in [5.74, 6) is 0.560. The van der Waals surface area contributed by atoms with E-state index in [0.717, 1.165) is 25.7 Å². The van der Waals surface area contributed by atoms with E-state index in [1.165, 1.54) is 5.57 Å². The molecule has 1 saturated heterocycles. The lowest BCUT2D eigenvalue weighted by molar-refractivity contribution is -0.0896. The van der Waals surface area contributed by atoms with Gasteiger partial charge >= 0.3 is 0 Å². The van der Waals surface area contributed by atoms with Gasteiger partial charge < -0.3 is 25.2 Å². The number of allylic oxidation sites excluding steroid dienone is 2. The number of aliphatic hydroxyl groups is 4. The van der Waals surface area contributed by atoms with Crippen molar-refractivity contribution in [3.05, 3.63) is 23.8 Å². The highest BCUT2D eigenvalue weighted by Crippen LogP contribution is 2.63. The smallest absolute Gasteiger partial charge is 0.127 e. The molecule has 9 atom stereocenters. The summed E-state index contributed by atoms with van der Waals surface area (Å²) in [6.45, 7) is 10.6. The van der Waals surface area contributed by atoms with E-state index in [2.05, 4.69) is 33.4 Å². The topological polar surface area (TPSA) is 93.5 Å². The second-order valence-electron chi connectivity index (χ2n) is 10.1. The monoisotopic (exact) mass is 378 g/mol. The van der Waals surface area contributed by atoms with Gasteiger partial charge in [-0.25, -0.2) is 0 Å². The minimum atomic E-state index is -1.16. The Balaban J connectivity index is 1.67. The van der Waals surface area contributed by atoms with Gasteiger partial charge in [0.05, 0.1) is 0 Å². The zero-order valence-electron chi connectivity index (χ0n) is 16.7. The fraction of sp³-hybridized carbons (Fsp3) is 0.818. The van der Waals surface area contributed by atoms with Gasteiger partial charge in [-0.15, -0.1) is 0 Å². The molecule has 3 aliphatic carbocycles. The average Bonchev–Trinajstić information content (AvgIpc) is 3.37. The third-order valence-corrected chi connectivity index (χ3v) is 8.62. The third-order valence-electron chi connectivity index (χ3n) is 8.62. The number of epoxide rings is 1.